The molecular weight excluding hydrogens is 304 g/mol. The SMILES string of the molecule is COCCN1CCC(CN(C)Cc2nnc(-c3ccccc3)o2)C1. The molecule has 3 rings (SSSR count). The zero-order valence-corrected chi connectivity index (χ0v) is 14.5. The van der Waals surface area contributed by atoms with Crippen molar-refractivity contribution in [3.8, 4) is 11.5 Å². The van der Waals surface area contributed by atoms with Gasteiger partial charge >= 0.3 is 0 Å². The smallest absolute Gasteiger partial charge is 0.247 e. The van der Waals surface area contributed by atoms with Crippen LogP contribution < -0.4 is 0 Å². The van der Waals surface area contributed by atoms with E-state index in [0.29, 0.717) is 24.2 Å². The Kier molecular flexibility index (Phi) is 5.96. The lowest BCUT2D eigenvalue weighted by molar-refractivity contribution is 0.156. The molecule has 1 atom stereocenters. The highest BCUT2D eigenvalue weighted by atomic mass is 16.5. The molecule has 1 aromatic carbocycles. The van der Waals surface area contributed by atoms with Gasteiger partial charge in [-0.1, -0.05) is 18.2 Å². The lowest BCUT2D eigenvalue weighted by atomic mass is 10.1. The first-order chi connectivity index (χ1) is 11.7. The number of rotatable bonds is 8. The minimum absolute atomic E-state index is 0.589. The maximum atomic E-state index is 5.79. The molecule has 2 heterocycles. The van der Waals surface area contributed by atoms with Crippen LogP contribution in [-0.4, -0.2) is 66.9 Å². The molecule has 0 spiro atoms. The molecule has 0 radical (unpaired) electrons. The van der Waals surface area contributed by atoms with Crippen molar-refractivity contribution >= 4 is 0 Å². The number of likely N-dealkylation sites (tertiary alicyclic amines) is 1. The fraction of sp³-hybridized carbons (Fsp3) is 0.556. The van der Waals surface area contributed by atoms with Gasteiger partial charge in [0, 0.05) is 32.3 Å². The average Bonchev–Trinajstić information content (AvgIpc) is 3.23. The second-order valence-electron chi connectivity index (χ2n) is 6.51. The first kappa shape index (κ1) is 17.1. The molecule has 0 N–H and O–H groups in total. The summed E-state index contributed by atoms with van der Waals surface area (Å²) in [6.07, 6.45) is 1.24. The summed E-state index contributed by atoms with van der Waals surface area (Å²) >= 11 is 0. The van der Waals surface area contributed by atoms with Crippen LogP contribution in [0, 0.1) is 5.92 Å². The third-order valence-electron chi connectivity index (χ3n) is 4.44. The predicted molar refractivity (Wildman–Crippen MR) is 92.5 cm³/mol. The van der Waals surface area contributed by atoms with E-state index in [2.05, 4.69) is 27.0 Å². The van der Waals surface area contributed by atoms with Crippen LogP contribution in [-0.2, 0) is 11.3 Å². The molecule has 130 valence electrons. The van der Waals surface area contributed by atoms with Crippen LogP contribution in [0.1, 0.15) is 12.3 Å². The predicted octanol–water partition coefficient (Wildman–Crippen LogP) is 2.14. The van der Waals surface area contributed by atoms with Crippen LogP contribution >= 0.6 is 0 Å². The standard InChI is InChI=1S/C18H26N4O2/c1-21(12-15-8-9-22(13-15)10-11-23-2)14-17-19-20-18(24-17)16-6-4-3-5-7-16/h3-7,15H,8-14H2,1-2H3. The fourth-order valence-electron chi connectivity index (χ4n) is 3.24. The third kappa shape index (κ3) is 4.63. The number of aromatic nitrogens is 2. The van der Waals surface area contributed by atoms with E-state index in [9.17, 15) is 0 Å². The summed E-state index contributed by atoms with van der Waals surface area (Å²) in [4.78, 5) is 4.75. The van der Waals surface area contributed by atoms with Crippen molar-refractivity contribution in [2.24, 2.45) is 5.92 Å². The van der Waals surface area contributed by atoms with Crippen LogP contribution in [0.3, 0.4) is 0 Å². The van der Waals surface area contributed by atoms with Crippen LogP contribution in [0.2, 0.25) is 0 Å². The van der Waals surface area contributed by atoms with Crippen molar-refractivity contribution in [2.45, 2.75) is 13.0 Å². The van der Waals surface area contributed by atoms with Gasteiger partial charge in [0.25, 0.3) is 0 Å². The maximum absolute atomic E-state index is 5.79. The van der Waals surface area contributed by atoms with E-state index in [1.165, 1.54) is 13.0 Å². The van der Waals surface area contributed by atoms with Gasteiger partial charge in [-0.25, -0.2) is 0 Å². The Hall–Kier alpha value is -1.76. The van der Waals surface area contributed by atoms with E-state index in [1.807, 2.05) is 30.3 Å². The lowest BCUT2D eigenvalue weighted by Gasteiger charge is -2.20. The van der Waals surface area contributed by atoms with E-state index in [1.54, 1.807) is 7.11 Å². The van der Waals surface area contributed by atoms with E-state index in [0.717, 1.165) is 31.8 Å². The Balaban J connectivity index is 1.47. The van der Waals surface area contributed by atoms with E-state index < -0.39 is 0 Å². The van der Waals surface area contributed by atoms with Gasteiger partial charge < -0.3 is 14.1 Å². The number of methoxy groups -OCH3 is 1. The minimum atomic E-state index is 0.589. The number of ether oxygens (including phenoxy) is 1. The van der Waals surface area contributed by atoms with E-state index in [-0.39, 0.29) is 0 Å². The number of benzene rings is 1. The summed E-state index contributed by atoms with van der Waals surface area (Å²) in [7, 11) is 3.87. The highest BCUT2D eigenvalue weighted by molar-refractivity contribution is 5.51. The lowest BCUT2D eigenvalue weighted by Crippen LogP contribution is -2.29. The molecule has 1 unspecified atom stereocenters. The zero-order chi connectivity index (χ0) is 16.8. The summed E-state index contributed by atoms with van der Waals surface area (Å²) in [6, 6.07) is 9.88. The highest BCUT2D eigenvalue weighted by Gasteiger charge is 2.23. The van der Waals surface area contributed by atoms with Crippen molar-refractivity contribution in [1.29, 1.82) is 0 Å². The van der Waals surface area contributed by atoms with Crippen molar-refractivity contribution in [2.75, 3.05) is 46.9 Å². The summed E-state index contributed by atoms with van der Waals surface area (Å²) in [5, 5.41) is 8.33. The Morgan fingerprint density at radius 1 is 1.29 bits per heavy atom. The summed E-state index contributed by atoms with van der Waals surface area (Å²) < 4.78 is 10.9. The van der Waals surface area contributed by atoms with Gasteiger partial charge in [0.15, 0.2) is 0 Å². The molecule has 1 aromatic heterocycles. The first-order valence-electron chi connectivity index (χ1n) is 8.52. The number of hydrogen-bond donors (Lipinski definition) is 0. The number of nitrogens with zero attached hydrogens (tertiary/aromatic N) is 4. The summed E-state index contributed by atoms with van der Waals surface area (Å²) in [5.74, 6) is 1.96. The number of hydrogen-bond acceptors (Lipinski definition) is 6. The normalized spacial score (nSPS) is 18.5. The van der Waals surface area contributed by atoms with Gasteiger partial charge in [-0.3, -0.25) is 4.90 Å². The Morgan fingerprint density at radius 2 is 2.12 bits per heavy atom. The molecule has 0 amide bonds. The highest BCUT2D eigenvalue weighted by Crippen LogP contribution is 2.19. The molecule has 6 nitrogen and oxygen atoms in total. The minimum Gasteiger partial charge on any atom is -0.419 e. The van der Waals surface area contributed by atoms with Crippen LogP contribution in [0.15, 0.2) is 34.7 Å². The molecule has 2 aromatic rings. The Labute approximate surface area is 143 Å². The molecule has 6 heteroatoms. The zero-order valence-electron chi connectivity index (χ0n) is 14.5. The fourth-order valence-corrected chi connectivity index (χ4v) is 3.24. The summed E-state index contributed by atoms with van der Waals surface area (Å²) in [5.41, 5.74) is 0.962. The van der Waals surface area contributed by atoms with Gasteiger partial charge in [-0.05, 0) is 38.1 Å². The second kappa shape index (κ2) is 8.37. The van der Waals surface area contributed by atoms with E-state index >= 15 is 0 Å². The molecule has 1 aliphatic rings. The van der Waals surface area contributed by atoms with Crippen molar-refractivity contribution in [3.63, 3.8) is 0 Å². The van der Waals surface area contributed by atoms with Crippen LogP contribution in [0.25, 0.3) is 11.5 Å². The largest absolute Gasteiger partial charge is 0.419 e. The van der Waals surface area contributed by atoms with Crippen molar-refractivity contribution < 1.29 is 9.15 Å². The van der Waals surface area contributed by atoms with Crippen molar-refractivity contribution in [3.05, 3.63) is 36.2 Å². The first-order valence-corrected chi connectivity index (χ1v) is 8.52. The Bertz CT molecular complexity index is 616. The van der Waals surface area contributed by atoms with Gasteiger partial charge in [0.2, 0.25) is 11.8 Å². The molecule has 0 saturated carbocycles. The maximum Gasteiger partial charge on any atom is 0.247 e. The second-order valence-corrected chi connectivity index (χ2v) is 6.51. The van der Waals surface area contributed by atoms with E-state index in [4.69, 9.17) is 9.15 Å². The molecule has 0 aliphatic carbocycles. The molecular formula is C18H26N4O2. The Morgan fingerprint density at radius 3 is 2.92 bits per heavy atom. The summed E-state index contributed by atoms with van der Waals surface area (Å²) in [6.45, 7) is 5.89. The van der Waals surface area contributed by atoms with Crippen LogP contribution in [0.4, 0.5) is 0 Å². The molecule has 24 heavy (non-hydrogen) atoms. The molecule has 0 bridgehead atoms. The van der Waals surface area contributed by atoms with Crippen molar-refractivity contribution in [1.82, 2.24) is 20.0 Å². The molecule has 1 fully saturated rings. The monoisotopic (exact) mass is 330 g/mol. The average molecular weight is 330 g/mol. The quantitative estimate of drug-likeness (QED) is 0.739. The van der Waals surface area contributed by atoms with Gasteiger partial charge in [0.05, 0.1) is 13.2 Å². The third-order valence-corrected chi connectivity index (χ3v) is 4.44. The topological polar surface area (TPSA) is 54.6 Å². The van der Waals surface area contributed by atoms with Gasteiger partial charge in [0.1, 0.15) is 0 Å². The van der Waals surface area contributed by atoms with Gasteiger partial charge in [-0.15, -0.1) is 10.2 Å². The molecule has 1 saturated heterocycles. The molecule has 1 aliphatic heterocycles. The van der Waals surface area contributed by atoms with Crippen LogP contribution in [0.5, 0.6) is 0 Å². The van der Waals surface area contributed by atoms with Gasteiger partial charge in [-0.2, -0.15) is 0 Å².